The van der Waals surface area contributed by atoms with Crippen molar-refractivity contribution in [2.24, 2.45) is 0 Å². The fourth-order valence-electron chi connectivity index (χ4n) is 3.08. The van der Waals surface area contributed by atoms with Gasteiger partial charge in [-0.15, -0.1) is 0 Å². The minimum absolute atomic E-state index is 0.968. The van der Waals surface area contributed by atoms with Crippen LogP contribution >= 0.6 is 0 Å². The van der Waals surface area contributed by atoms with Crippen LogP contribution in [0.3, 0.4) is 0 Å². The first-order valence-corrected chi connectivity index (χ1v) is 8.39. The number of nitrogens with one attached hydrogen (secondary N) is 1. The molecule has 0 aliphatic carbocycles. The van der Waals surface area contributed by atoms with Gasteiger partial charge in [-0.2, -0.15) is 0 Å². The van der Waals surface area contributed by atoms with Crippen LogP contribution in [-0.2, 0) is 12.8 Å². The van der Waals surface area contributed by atoms with E-state index >= 15 is 0 Å². The van der Waals surface area contributed by atoms with Crippen LogP contribution in [0, 0.1) is 13.8 Å². The molecule has 2 nitrogen and oxygen atoms in total. The van der Waals surface area contributed by atoms with E-state index in [-0.39, 0.29) is 0 Å². The Morgan fingerprint density at radius 1 is 0.826 bits per heavy atom. The summed E-state index contributed by atoms with van der Waals surface area (Å²) in [6, 6.07) is 16.9. The molecule has 2 aromatic carbocycles. The molecular weight excluding hydrogens is 280 g/mol. The number of hydrogen-bond acceptors (Lipinski definition) is 1. The van der Waals surface area contributed by atoms with Gasteiger partial charge in [0.2, 0.25) is 0 Å². The molecule has 3 rings (SSSR count). The molecule has 0 saturated heterocycles. The Morgan fingerprint density at radius 3 is 2.26 bits per heavy atom. The summed E-state index contributed by atoms with van der Waals surface area (Å²) in [5.41, 5.74) is 6.64. The summed E-state index contributed by atoms with van der Waals surface area (Å²) in [6.45, 7) is 4.42. The minimum Gasteiger partial charge on any atom is -0.344 e. The second kappa shape index (κ2) is 7.28. The lowest BCUT2D eigenvalue weighted by atomic mass is 9.97. The predicted molar refractivity (Wildman–Crippen MR) is 96.6 cm³/mol. The Morgan fingerprint density at radius 2 is 1.52 bits per heavy atom. The number of aromatic nitrogens is 2. The Labute approximate surface area is 138 Å². The lowest BCUT2D eigenvalue weighted by molar-refractivity contribution is 0.721. The third-order valence-corrected chi connectivity index (χ3v) is 4.43. The topological polar surface area (TPSA) is 28.7 Å². The van der Waals surface area contributed by atoms with E-state index in [1.54, 1.807) is 0 Å². The van der Waals surface area contributed by atoms with Crippen LogP contribution < -0.4 is 0 Å². The Hall–Kier alpha value is -2.35. The zero-order valence-electron chi connectivity index (χ0n) is 14.0. The zero-order valence-corrected chi connectivity index (χ0v) is 14.0. The average Bonchev–Trinajstić information content (AvgIpc) is 3.03. The maximum atomic E-state index is 4.70. The molecule has 1 N–H and O–H groups in total. The molecule has 0 spiro atoms. The fraction of sp³-hybridized carbons (Fsp3) is 0.286. The first kappa shape index (κ1) is 15.5. The molecule has 0 aliphatic rings. The molecule has 0 amide bonds. The van der Waals surface area contributed by atoms with Gasteiger partial charge in [0.1, 0.15) is 5.82 Å². The van der Waals surface area contributed by atoms with Crippen LogP contribution in [0.4, 0.5) is 0 Å². The van der Waals surface area contributed by atoms with Crippen molar-refractivity contribution in [3.8, 4) is 11.4 Å². The summed E-state index contributed by atoms with van der Waals surface area (Å²) in [5, 5.41) is 0. The van der Waals surface area contributed by atoms with Gasteiger partial charge in [0.15, 0.2) is 0 Å². The van der Waals surface area contributed by atoms with E-state index < -0.39 is 0 Å². The van der Waals surface area contributed by atoms with E-state index in [0.29, 0.717) is 0 Å². The number of hydrogen-bond donors (Lipinski definition) is 1. The van der Waals surface area contributed by atoms with E-state index in [9.17, 15) is 0 Å². The number of aryl methyl sites for hydroxylation is 3. The predicted octanol–water partition coefficient (Wildman–Crippen LogP) is 5.26. The molecule has 0 atom stereocenters. The average molecular weight is 304 g/mol. The third-order valence-electron chi connectivity index (χ3n) is 4.43. The first-order valence-electron chi connectivity index (χ1n) is 8.39. The molecule has 0 aliphatic heterocycles. The molecule has 0 saturated carbocycles. The second-order valence-corrected chi connectivity index (χ2v) is 6.18. The fourth-order valence-corrected chi connectivity index (χ4v) is 3.08. The van der Waals surface area contributed by atoms with Crippen molar-refractivity contribution in [3.63, 3.8) is 0 Å². The number of aromatic amines is 1. The van der Waals surface area contributed by atoms with Gasteiger partial charge >= 0.3 is 0 Å². The highest BCUT2D eigenvalue weighted by Crippen LogP contribution is 2.18. The van der Waals surface area contributed by atoms with Crippen molar-refractivity contribution in [2.45, 2.75) is 39.5 Å². The van der Waals surface area contributed by atoms with Gasteiger partial charge in [-0.3, -0.25) is 0 Å². The highest BCUT2D eigenvalue weighted by Gasteiger charge is 2.05. The van der Waals surface area contributed by atoms with Crippen molar-refractivity contribution in [2.75, 3.05) is 0 Å². The normalized spacial score (nSPS) is 10.9. The van der Waals surface area contributed by atoms with E-state index in [2.05, 4.69) is 49.2 Å². The maximum Gasteiger partial charge on any atom is 0.137 e. The van der Waals surface area contributed by atoms with Crippen molar-refractivity contribution in [3.05, 3.63) is 77.1 Å². The van der Waals surface area contributed by atoms with Gasteiger partial charge in [0.25, 0.3) is 0 Å². The molecule has 1 aromatic heterocycles. The minimum atomic E-state index is 0.968. The summed E-state index contributed by atoms with van der Waals surface area (Å²) in [6.07, 6.45) is 6.62. The van der Waals surface area contributed by atoms with Gasteiger partial charge in [0, 0.05) is 11.8 Å². The largest absolute Gasteiger partial charge is 0.344 e. The van der Waals surface area contributed by atoms with Gasteiger partial charge in [-0.1, -0.05) is 48.5 Å². The van der Waals surface area contributed by atoms with Crippen LogP contribution in [-0.4, -0.2) is 9.97 Å². The van der Waals surface area contributed by atoms with E-state index in [4.69, 9.17) is 4.98 Å². The third kappa shape index (κ3) is 3.89. The maximum absolute atomic E-state index is 4.70. The molecule has 0 fully saturated rings. The Balaban J connectivity index is 1.53. The molecule has 118 valence electrons. The summed E-state index contributed by atoms with van der Waals surface area (Å²) < 4.78 is 0. The van der Waals surface area contributed by atoms with Gasteiger partial charge in [-0.25, -0.2) is 4.98 Å². The number of benzene rings is 2. The molecule has 3 aromatic rings. The number of imidazole rings is 1. The SMILES string of the molecule is Cc1cccc(C)c1CCCCc1c[nH]c(-c2ccccc2)n1. The molecule has 1 heterocycles. The summed E-state index contributed by atoms with van der Waals surface area (Å²) in [7, 11) is 0. The standard InChI is InChI=1S/C21H24N2/c1-16-9-8-10-17(2)20(16)14-7-6-13-19-15-22-21(23-19)18-11-4-3-5-12-18/h3-5,8-12,15H,6-7,13-14H2,1-2H3,(H,22,23). The molecular formula is C21H24N2. The van der Waals surface area contributed by atoms with Crippen LogP contribution in [0.15, 0.2) is 54.7 Å². The summed E-state index contributed by atoms with van der Waals surface area (Å²) >= 11 is 0. The molecule has 0 unspecified atom stereocenters. The second-order valence-electron chi connectivity index (χ2n) is 6.18. The smallest absolute Gasteiger partial charge is 0.137 e. The molecule has 2 heteroatoms. The van der Waals surface area contributed by atoms with Crippen molar-refractivity contribution >= 4 is 0 Å². The lowest BCUT2D eigenvalue weighted by Gasteiger charge is -2.08. The Kier molecular flexibility index (Phi) is 4.92. The first-order chi connectivity index (χ1) is 11.2. The number of rotatable bonds is 6. The van der Waals surface area contributed by atoms with E-state index in [1.165, 1.54) is 29.5 Å². The van der Waals surface area contributed by atoms with Gasteiger partial charge in [0.05, 0.1) is 5.69 Å². The highest BCUT2D eigenvalue weighted by atomic mass is 14.9. The van der Waals surface area contributed by atoms with E-state index in [1.807, 2.05) is 24.4 Å². The van der Waals surface area contributed by atoms with Crippen LogP contribution in [0.5, 0.6) is 0 Å². The quantitative estimate of drug-likeness (QED) is 0.618. The van der Waals surface area contributed by atoms with Crippen molar-refractivity contribution < 1.29 is 0 Å². The number of nitrogens with zero attached hydrogens (tertiary/aromatic N) is 1. The van der Waals surface area contributed by atoms with E-state index in [0.717, 1.165) is 29.9 Å². The number of unbranched alkanes of at least 4 members (excludes halogenated alkanes) is 1. The molecule has 0 radical (unpaired) electrons. The van der Waals surface area contributed by atoms with Crippen molar-refractivity contribution in [1.82, 2.24) is 9.97 Å². The Bertz CT molecular complexity index is 736. The van der Waals surface area contributed by atoms with Crippen molar-refractivity contribution in [1.29, 1.82) is 0 Å². The molecule has 0 bridgehead atoms. The van der Waals surface area contributed by atoms with Gasteiger partial charge < -0.3 is 4.98 Å². The van der Waals surface area contributed by atoms with Gasteiger partial charge in [-0.05, 0) is 56.2 Å². The zero-order chi connectivity index (χ0) is 16.1. The molecule has 23 heavy (non-hydrogen) atoms. The monoisotopic (exact) mass is 304 g/mol. The lowest BCUT2D eigenvalue weighted by Crippen LogP contribution is -1.95. The van der Waals surface area contributed by atoms with Crippen LogP contribution in [0.1, 0.15) is 35.2 Å². The summed E-state index contributed by atoms with van der Waals surface area (Å²) in [4.78, 5) is 7.99. The van der Waals surface area contributed by atoms with Crippen LogP contribution in [0.25, 0.3) is 11.4 Å². The highest BCUT2D eigenvalue weighted by molar-refractivity contribution is 5.54. The van der Waals surface area contributed by atoms with Crippen LogP contribution in [0.2, 0.25) is 0 Å². The number of H-pyrrole nitrogens is 1. The summed E-state index contributed by atoms with van der Waals surface area (Å²) in [5.74, 6) is 0.968.